The van der Waals surface area contributed by atoms with E-state index in [2.05, 4.69) is 5.10 Å². The lowest BCUT2D eigenvalue weighted by atomic mass is 9.95. The average molecular weight is 471 g/mol. The Morgan fingerprint density at radius 3 is 1.94 bits per heavy atom. The molecule has 0 unspecified atom stereocenters. The van der Waals surface area contributed by atoms with Gasteiger partial charge in [-0.25, -0.2) is 18.2 Å². The molecule has 32 heavy (non-hydrogen) atoms. The van der Waals surface area contributed by atoms with Crippen LogP contribution in [0.15, 0.2) is 59.5 Å². The molecule has 1 aromatic heterocycles. The lowest BCUT2D eigenvalue weighted by molar-refractivity contribution is -0.291. The van der Waals surface area contributed by atoms with Crippen LogP contribution in [0.5, 0.6) is 0 Å². The number of benzene rings is 2. The summed E-state index contributed by atoms with van der Waals surface area (Å²) in [6.45, 7) is 3.19. The van der Waals surface area contributed by atoms with Crippen molar-refractivity contribution in [3.8, 4) is 22.4 Å². The molecule has 0 aliphatic carbocycles. The fraction of sp³-hybridized carbons (Fsp3) is 0.190. The van der Waals surface area contributed by atoms with Crippen molar-refractivity contribution in [1.82, 2.24) is 9.78 Å². The van der Waals surface area contributed by atoms with Crippen LogP contribution in [0.3, 0.4) is 0 Å². The second kappa shape index (κ2) is 8.14. The molecule has 0 radical (unpaired) electrons. The molecule has 0 aliphatic rings. The van der Waals surface area contributed by atoms with Gasteiger partial charge in [0, 0.05) is 17.3 Å². The molecule has 0 saturated heterocycles. The standard InChI is InChI=1S/C21H18F5N3O2S/c1-3-12-29-19(20(22,23)21(24,25)26)17(14-6-4-13(2)5-7-14)18(28-29)15-8-10-16(11-9-15)32(27,30)31/h3-12H,1-2H3,(H2,27,30,31). The normalized spacial score (nSPS) is 13.1. The van der Waals surface area contributed by atoms with Gasteiger partial charge in [0.1, 0.15) is 11.4 Å². The maximum atomic E-state index is 14.7. The number of aromatic nitrogens is 2. The molecule has 0 aliphatic heterocycles. The van der Waals surface area contributed by atoms with E-state index in [0.717, 1.165) is 23.9 Å². The number of sulfonamides is 1. The Hall–Kier alpha value is -3.05. The third kappa shape index (κ3) is 4.30. The molecule has 0 amide bonds. The van der Waals surface area contributed by atoms with Crippen LogP contribution in [0.2, 0.25) is 0 Å². The molecule has 2 N–H and O–H groups in total. The molecular weight excluding hydrogens is 453 g/mol. The summed E-state index contributed by atoms with van der Waals surface area (Å²) in [4.78, 5) is -0.244. The number of halogens is 5. The minimum absolute atomic E-state index is 0.0933. The lowest BCUT2D eigenvalue weighted by Gasteiger charge is -2.21. The average Bonchev–Trinajstić information content (AvgIpc) is 3.07. The molecule has 3 rings (SSSR count). The van der Waals surface area contributed by atoms with Gasteiger partial charge in [-0.2, -0.15) is 27.1 Å². The summed E-state index contributed by atoms with van der Waals surface area (Å²) in [6.07, 6.45) is -3.61. The summed E-state index contributed by atoms with van der Waals surface area (Å²) in [7, 11) is -4.03. The van der Waals surface area contributed by atoms with Gasteiger partial charge in [0.05, 0.1) is 4.90 Å². The van der Waals surface area contributed by atoms with E-state index in [9.17, 15) is 30.4 Å². The summed E-state index contributed by atoms with van der Waals surface area (Å²) in [6, 6.07) is 10.7. The van der Waals surface area contributed by atoms with Gasteiger partial charge in [-0.1, -0.05) is 48.0 Å². The molecule has 170 valence electrons. The second-order valence-electron chi connectivity index (χ2n) is 7.01. The van der Waals surface area contributed by atoms with Crippen LogP contribution in [-0.2, 0) is 15.9 Å². The van der Waals surface area contributed by atoms with E-state index in [4.69, 9.17) is 5.14 Å². The first kappa shape index (κ1) is 23.6. The number of primary sulfonamides is 1. The summed E-state index contributed by atoms with van der Waals surface area (Å²) in [5.41, 5.74) is -0.942. The van der Waals surface area contributed by atoms with Crippen molar-refractivity contribution in [1.29, 1.82) is 0 Å². The van der Waals surface area contributed by atoms with Gasteiger partial charge in [0.2, 0.25) is 10.0 Å². The predicted octanol–water partition coefficient (Wildman–Crippen LogP) is 5.32. The maximum absolute atomic E-state index is 14.7. The Morgan fingerprint density at radius 1 is 0.938 bits per heavy atom. The van der Waals surface area contributed by atoms with E-state index in [0.29, 0.717) is 4.68 Å². The zero-order chi connectivity index (χ0) is 23.9. The highest BCUT2D eigenvalue weighted by Gasteiger charge is 2.62. The monoisotopic (exact) mass is 471 g/mol. The Balaban J connectivity index is 2.40. The predicted molar refractivity (Wildman–Crippen MR) is 110 cm³/mol. The van der Waals surface area contributed by atoms with Gasteiger partial charge >= 0.3 is 12.1 Å². The number of hydrogen-bond acceptors (Lipinski definition) is 3. The van der Waals surface area contributed by atoms with E-state index in [1.807, 2.05) is 0 Å². The third-order valence-corrected chi connectivity index (χ3v) is 5.58. The van der Waals surface area contributed by atoms with Crippen molar-refractivity contribution in [2.75, 3.05) is 0 Å². The Kier molecular flexibility index (Phi) is 6.00. The maximum Gasteiger partial charge on any atom is 0.459 e. The summed E-state index contributed by atoms with van der Waals surface area (Å²) >= 11 is 0. The summed E-state index contributed by atoms with van der Waals surface area (Å²) in [5, 5.41) is 9.08. The SMILES string of the molecule is CC=Cn1nc(-c2ccc(S(N)(=O)=O)cc2)c(-c2ccc(C)cc2)c1C(F)(F)C(F)(F)F. The molecule has 11 heteroatoms. The fourth-order valence-electron chi connectivity index (χ4n) is 3.12. The molecule has 0 bridgehead atoms. The number of allylic oxidation sites excluding steroid dienone is 1. The minimum atomic E-state index is -5.87. The smallest absolute Gasteiger partial charge is 0.238 e. The van der Waals surface area contributed by atoms with E-state index < -0.39 is 33.4 Å². The lowest BCUT2D eigenvalue weighted by Crippen LogP contribution is -2.35. The Labute approximate surface area is 181 Å². The van der Waals surface area contributed by atoms with E-state index >= 15 is 0 Å². The number of aryl methyl sites for hydroxylation is 1. The van der Waals surface area contributed by atoms with Crippen LogP contribution in [0, 0.1) is 6.92 Å². The van der Waals surface area contributed by atoms with Gasteiger partial charge in [0.15, 0.2) is 0 Å². The van der Waals surface area contributed by atoms with Gasteiger partial charge in [0.25, 0.3) is 0 Å². The summed E-state index contributed by atoms with van der Waals surface area (Å²) in [5.74, 6) is -5.22. The largest absolute Gasteiger partial charge is 0.459 e. The molecule has 0 fully saturated rings. The van der Waals surface area contributed by atoms with Gasteiger partial charge in [-0.3, -0.25) is 0 Å². The van der Waals surface area contributed by atoms with Crippen molar-refractivity contribution in [2.24, 2.45) is 5.14 Å². The van der Waals surface area contributed by atoms with Crippen molar-refractivity contribution in [3.63, 3.8) is 0 Å². The minimum Gasteiger partial charge on any atom is -0.238 e. The number of nitrogens with two attached hydrogens (primary N) is 1. The van der Waals surface area contributed by atoms with Crippen LogP contribution in [-0.4, -0.2) is 24.4 Å². The van der Waals surface area contributed by atoms with Crippen LogP contribution in [0.4, 0.5) is 22.0 Å². The first-order chi connectivity index (χ1) is 14.8. The summed E-state index contributed by atoms with van der Waals surface area (Å²) < 4.78 is 93.1. The molecule has 3 aromatic rings. The molecule has 0 atom stereocenters. The first-order valence-electron chi connectivity index (χ1n) is 9.18. The zero-order valence-electron chi connectivity index (χ0n) is 16.9. The van der Waals surface area contributed by atoms with E-state index in [-0.39, 0.29) is 21.7 Å². The van der Waals surface area contributed by atoms with Gasteiger partial charge in [-0.05, 0) is 31.5 Å². The number of nitrogens with zero attached hydrogens (tertiary/aromatic N) is 2. The quantitative estimate of drug-likeness (QED) is 0.512. The van der Waals surface area contributed by atoms with Gasteiger partial charge in [-0.15, -0.1) is 0 Å². The highest BCUT2D eigenvalue weighted by atomic mass is 32.2. The molecular formula is C21H18F5N3O2S. The number of rotatable bonds is 5. The Bertz CT molecular complexity index is 1260. The third-order valence-electron chi connectivity index (χ3n) is 4.65. The highest BCUT2D eigenvalue weighted by molar-refractivity contribution is 7.89. The van der Waals surface area contributed by atoms with Gasteiger partial charge < -0.3 is 0 Å². The van der Waals surface area contributed by atoms with Crippen LogP contribution in [0.25, 0.3) is 28.6 Å². The van der Waals surface area contributed by atoms with E-state index in [1.54, 1.807) is 19.1 Å². The number of alkyl halides is 5. The van der Waals surface area contributed by atoms with Crippen molar-refractivity contribution in [2.45, 2.75) is 30.8 Å². The second-order valence-corrected chi connectivity index (χ2v) is 8.57. The van der Waals surface area contributed by atoms with E-state index in [1.165, 1.54) is 37.3 Å². The van der Waals surface area contributed by atoms with Crippen molar-refractivity contribution >= 4 is 16.2 Å². The number of hydrogen-bond donors (Lipinski definition) is 1. The van der Waals surface area contributed by atoms with Crippen LogP contribution >= 0.6 is 0 Å². The Morgan fingerprint density at radius 2 is 1.47 bits per heavy atom. The highest BCUT2D eigenvalue weighted by Crippen LogP contribution is 2.49. The molecule has 0 saturated carbocycles. The first-order valence-corrected chi connectivity index (χ1v) is 10.7. The fourth-order valence-corrected chi connectivity index (χ4v) is 3.63. The molecule has 5 nitrogen and oxygen atoms in total. The van der Waals surface area contributed by atoms with Crippen LogP contribution in [0.1, 0.15) is 18.2 Å². The molecule has 0 spiro atoms. The topological polar surface area (TPSA) is 78.0 Å². The van der Waals surface area contributed by atoms with Crippen LogP contribution < -0.4 is 5.14 Å². The zero-order valence-corrected chi connectivity index (χ0v) is 17.7. The van der Waals surface area contributed by atoms with Crippen molar-refractivity contribution in [3.05, 3.63) is 65.9 Å². The molecule has 2 aromatic carbocycles. The molecule has 1 heterocycles. The van der Waals surface area contributed by atoms with Crippen molar-refractivity contribution < 1.29 is 30.4 Å².